The van der Waals surface area contributed by atoms with E-state index in [9.17, 15) is 22.8 Å². The molecule has 0 unspecified atom stereocenters. The van der Waals surface area contributed by atoms with Crippen molar-refractivity contribution in [2.45, 2.75) is 6.18 Å². The molecule has 94 valence electrons. The molecule has 0 radical (unpaired) electrons. The van der Waals surface area contributed by atoms with Crippen molar-refractivity contribution >= 4 is 16.8 Å². The zero-order valence-electron chi connectivity index (χ0n) is 8.84. The Hall–Kier alpha value is -2.31. The average molecular weight is 256 g/mol. The monoisotopic (exact) mass is 256 g/mol. The first-order valence-corrected chi connectivity index (χ1v) is 4.83. The Morgan fingerprint density at radius 2 is 1.89 bits per heavy atom. The third kappa shape index (κ3) is 2.06. The quantitative estimate of drug-likeness (QED) is 0.813. The van der Waals surface area contributed by atoms with Crippen molar-refractivity contribution in [3.63, 3.8) is 0 Å². The predicted molar refractivity (Wildman–Crippen MR) is 58.1 cm³/mol. The molecule has 0 fully saturated rings. The smallest absolute Gasteiger partial charge is 0.365 e. The number of benzene rings is 1. The molecule has 0 saturated heterocycles. The van der Waals surface area contributed by atoms with Crippen molar-refractivity contribution in [2.24, 2.45) is 5.73 Å². The largest absolute Gasteiger partial charge is 0.416 e. The summed E-state index contributed by atoms with van der Waals surface area (Å²) in [6, 6.07) is 4.00. The van der Waals surface area contributed by atoms with Crippen LogP contribution in [0.3, 0.4) is 0 Å². The van der Waals surface area contributed by atoms with E-state index >= 15 is 0 Å². The van der Waals surface area contributed by atoms with E-state index in [0.717, 1.165) is 18.2 Å². The minimum atomic E-state index is -4.49. The Labute approximate surface area is 98.2 Å². The zero-order chi connectivity index (χ0) is 13.5. The van der Waals surface area contributed by atoms with Gasteiger partial charge in [-0.2, -0.15) is 13.2 Å². The molecule has 0 bridgehead atoms. The lowest BCUT2D eigenvalue weighted by atomic mass is 10.1. The first kappa shape index (κ1) is 12.2. The number of amides is 1. The molecule has 1 amide bonds. The molecule has 7 heteroatoms. The summed E-state index contributed by atoms with van der Waals surface area (Å²) < 4.78 is 37.4. The van der Waals surface area contributed by atoms with Crippen molar-refractivity contribution in [1.29, 1.82) is 0 Å². The maximum absolute atomic E-state index is 12.5. The van der Waals surface area contributed by atoms with Crippen LogP contribution in [0, 0.1) is 0 Å². The number of halogens is 3. The number of rotatable bonds is 1. The molecular formula is C11H7F3N2O2. The molecule has 1 heterocycles. The topological polar surface area (TPSA) is 76.0 Å². The molecule has 0 aliphatic rings. The van der Waals surface area contributed by atoms with E-state index in [1.54, 1.807) is 0 Å². The van der Waals surface area contributed by atoms with E-state index in [-0.39, 0.29) is 11.1 Å². The Morgan fingerprint density at radius 3 is 2.44 bits per heavy atom. The van der Waals surface area contributed by atoms with Gasteiger partial charge in [0.05, 0.1) is 5.56 Å². The van der Waals surface area contributed by atoms with Crippen molar-refractivity contribution in [2.75, 3.05) is 0 Å². The number of nitrogens with one attached hydrogen (secondary N) is 1. The number of pyridine rings is 1. The fraction of sp³-hybridized carbons (Fsp3) is 0.0909. The predicted octanol–water partition coefficient (Wildman–Crippen LogP) is 1.65. The molecule has 4 nitrogen and oxygen atoms in total. The number of nitrogens with two attached hydrogens (primary N) is 1. The SMILES string of the molecule is NC(=O)c1cc2ccc(C(F)(F)F)cc2[nH]c1=O. The van der Waals surface area contributed by atoms with Crippen LogP contribution in [-0.4, -0.2) is 10.9 Å². The number of primary amides is 1. The van der Waals surface area contributed by atoms with Gasteiger partial charge in [-0.15, -0.1) is 0 Å². The maximum Gasteiger partial charge on any atom is 0.416 e. The van der Waals surface area contributed by atoms with Gasteiger partial charge in [0.1, 0.15) is 5.56 Å². The summed E-state index contributed by atoms with van der Waals surface area (Å²) in [5.74, 6) is -0.932. The number of alkyl halides is 3. The molecule has 0 saturated carbocycles. The Kier molecular flexibility index (Phi) is 2.61. The lowest BCUT2D eigenvalue weighted by molar-refractivity contribution is -0.137. The first-order chi connectivity index (χ1) is 8.29. The molecule has 2 rings (SSSR count). The molecular weight excluding hydrogens is 249 g/mol. The van der Waals surface area contributed by atoms with Gasteiger partial charge in [-0.05, 0) is 23.6 Å². The van der Waals surface area contributed by atoms with Crippen LogP contribution in [0.1, 0.15) is 15.9 Å². The van der Waals surface area contributed by atoms with Gasteiger partial charge < -0.3 is 10.7 Å². The lowest BCUT2D eigenvalue weighted by Gasteiger charge is -2.07. The number of aromatic amines is 1. The standard InChI is InChI=1S/C11H7F3N2O2/c12-11(13,14)6-2-1-5-3-7(9(15)17)10(18)16-8(5)4-6/h1-4H,(H2,15,17)(H,16,18). The highest BCUT2D eigenvalue weighted by Gasteiger charge is 2.30. The minimum Gasteiger partial charge on any atom is -0.365 e. The van der Waals surface area contributed by atoms with Crippen molar-refractivity contribution in [3.8, 4) is 0 Å². The molecule has 1 aromatic carbocycles. The van der Waals surface area contributed by atoms with Gasteiger partial charge in [0.2, 0.25) is 0 Å². The van der Waals surface area contributed by atoms with Gasteiger partial charge in [0, 0.05) is 5.52 Å². The van der Waals surface area contributed by atoms with Crippen LogP contribution in [0.5, 0.6) is 0 Å². The fourth-order valence-electron chi connectivity index (χ4n) is 1.56. The Balaban J connectivity index is 2.71. The summed E-state index contributed by atoms with van der Waals surface area (Å²) in [6.45, 7) is 0. The Morgan fingerprint density at radius 1 is 1.22 bits per heavy atom. The molecule has 2 aromatic rings. The van der Waals surface area contributed by atoms with Crippen LogP contribution in [-0.2, 0) is 6.18 Å². The summed E-state index contributed by atoms with van der Waals surface area (Å²) in [5.41, 5.74) is 2.99. The van der Waals surface area contributed by atoms with E-state index < -0.39 is 23.2 Å². The molecule has 1 aromatic heterocycles. The number of hydrogen-bond donors (Lipinski definition) is 2. The number of carbonyl (C=O) groups excluding carboxylic acids is 1. The summed E-state index contributed by atoms with van der Waals surface area (Å²) in [7, 11) is 0. The van der Waals surface area contributed by atoms with Crippen LogP contribution in [0.25, 0.3) is 10.9 Å². The van der Waals surface area contributed by atoms with E-state index in [1.807, 2.05) is 0 Å². The maximum atomic E-state index is 12.5. The molecule has 3 N–H and O–H groups in total. The van der Waals surface area contributed by atoms with Gasteiger partial charge in [-0.3, -0.25) is 9.59 Å². The summed E-state index contributed by atoms with van der Waals surface area (Å²) >= 11 is 0. The number of aromatic nitrogens is 1. The zero-order valence-corrected chi connectivity index (χ0v) is 8.84. The highest BCUT2D eigenvalue weighted by molar-refractivity contribution is 5.96. The molecule has 0 spiro atoms. The first-order valence-electron chi connectivity index (χ1n) is 4.83. The van der Waals surface area contributed by atoms with E-state index in [1.165, 1.54) is 6.07 Å². The van der Waals surface area contributed by atoms with Crippen LogP contribution in [0.2, 0.25) is 0 Å². The van der Waals surface area contributed by atoms with Crippen molar-refractivity contribution in [1.82, 2.24) is 4.98 Å². The lowest BCUT2D eigenvalue weighted by Crippen LogP contribution is -2.23. The number of carbonyl (C=O) groups is 1. The Bertz CT molecular complexity index is 689. The molecule has 18 heavy (non-hydrogen) atoms. The second-order valence-electron chi connectivity index (χ2n) is 3.68. The van der Waals surface area contributed by atoms with E-state index in [2.05, 4.69) is 4.98 Å². The normalized spacial score (nSPS) is 11.7. The van der Waals surface area contributed by atoms with Gasteiger partial charge in [-0.1, -0.05) is 6.07 Å². The highest BCUT2D eigenvalue weighted by Crippen LogP contribution is 2.30. The summed E-state index contributed by atoms with van der Waals surface area (Å²) in [5, 5.41) is 0.302. The second kappa shape index (κ2) is 3.86. The highest BCUT2D eigenvalue weighted by atomic mass is 19.4. The minimum absolute atomic E-state index is 0.000162. The molecule has 0 atom stereocenters. The fourth-order valence-corrected chi connectivity index (χ4v) is 1.56. The van der Waals surface area contributed by atoms with Crippen LogP contribution < -0.4 is 11.3 Å². The third-order valence-electron chi connectivity index (χ3n) is 2.44. The van der Waals surface area contributed by atoms with Gasteiger partial charge in [0.25, 0.3) is 11.5 Å². The van der Waals surface area contributed by atoms with Gasteiger partial charge in [0.15, 0.2) is 0 Å². The van der Waals surface area contributed by atoms with Crippen LogP contribution >= 0.6 is 0 Å². The van der Waals surface area contributed by atoms with Crippen molar-refractivity contribution < 1.29 is 18.0 Å². The van der Waals surface area contributed by atoms with Crippen LogP contribution in [0.15, 0.2) is 29.1 Å². The van der Waals surface area contributed by atoms with E-state index in [4.69, 9.17) is 5.73 Å². The van der Waals surface area contributed by atoms with E-state index in [0.29, 0.717) is 5.39 Å². The van der Waals surface area contributed by atoms with Crippen LogP contribution in [0.4, 0.5) is 13.2 Å². The number of H-pyrrole nitrogens is 1. The summed E-state index contributed by atoms with van der Waals surface area (Å²) in [4.78, 5) is 24.5. The van der Waals surface area contributed by atoms with Gasteiger partial charge >= 0.3 is 6.18 Å². The number of fused-ring (bicyclic) bond motifs is 1. The molecule has 0 aliphatic carbocycles. The van der Waals surface area contributed by atoms with Crippen molar-refractivity contribution in [3.05, 3.63) is 45.7 Å². The van der Waals surface area contributed by atoms with Gasteiger partial charge in [-0.25, -0.2) is 0 Å². The molecule has 0 aliphatic heterocycles. The average Bonchev–Trinajstić information content (AvgIpc) is 2.25. The second-order valence-corrected chi connectivity index (χ2v) is 3.68. The third-order valence-corrected chi connectivity index (χ3v) is 2.44. The summed E-state index contributed by atoms with van der Waals surface area (Å²) in [6.07, 6.45) is -4.49. The number of hydrogen-bond acceptors (Lipinski definition) is 2.